The summed E-state index contributed by atoms with van der Waals surface area (Å²) in [6, 6.07) is 0. The third-order valence-electron chi connectivity index (χ3n) is 2.39. The Morgan fingerprint density at radius 2 is 1.94 bits per heavy atom. The van der Waals surface area contributed by atoms with E-state index in [-0.39, 0.29) is 0 Å². The Morgan fingerprint density at radius 1 is 1.29 bits per heavy atom. The zero-order valence-corrected chi connectivity index (χ0v) is 10.9. The Labute approximate surface area is 102 Å². The second-order valence-electron chi connectivity index (χ2n) is 3.80. The largest absolute Gasteiger partial charge is 0.495 e. The highest BCUT2D eigenvalue weighted by molar-refractivity contribution is 5.97. The SMILES string of the molecule is CCOC1=CC(N(C)C)=C(OCC)CC1=[N+]=[N-]. The zero-order valence-electron chi connectivity index (χ0n) is 10.9. The van der Waals surface area contributed by atoms with E-state index in [9.17, 15) is 0 Å². The van der Waals surface area contributed by atoms with Crippen molar-refractivity contribution >= 4 is 5.71 Å². The van der Waals surface area contributed by atoms with Gasteiger partial charge in [-0.15, -0.1) is 0 Å². The van der Waals surface area contributed by atoms with Crippen molar-refractivity contribution < 1.29 is 14.3 Å². The van der Waals surface area contributed by atoms with Crippen LogP contribution in [0.4, 0.5) is 0 Å². The highest BCUT2D eigenvalue weighted by Crippen LogP contribution is 2.24. The van der Waals surface area contributed by atoms with Crippen LogP contribution in [0.15, 0.2) is 23.3 Å². The summed E-state index contributed by atoms with van der Waals surface area (Å²) >= 11 is 0. The molecule has 0 aromatic heterocycles. The monoisotopic (exact) mass is 237 g/mol. The van der Waals surface area contributed by atoms with Gasteiger partial charge in [-0.1, -0.05) is 0 Å². The van der Waals surface area contributed by atoms with Gasteiger partial charge in [0.15, 0.2) is 0 Å². The van der Waals surface area contributed by atoms with E-state index < -0.39 is 0 Å². The second-order valence-corrected chi connectivity index (χ2v) is 3.80. The molecule has 0 fully saturated rings. The lowest BCUT2D eigenvalue weighted by Gasteiger charge is -2.22. The van der Waals surface area contributed by atoms with E-state index in [0.717, 1.165) is 11.5 Å². The summed E-state index contributed by atoms with van der Waals surface area (Å²) in [6.45, 7) is 4.95. The predicted octanol–water partition coefficient (Wildman–Crippen LogP) is 1.79. The summed E-state index contributed by atoms with van der Waals surface area (Å²) in [6.07, 6.45) is 2.29. The topological polar surface area (TPSA) is 58.1 Å². The fraction of sp³-hybridized carbons (Fsp3) is 0.583. The molecule has 0 heterocycles. The maximum Gasteiger partial charge on any atom is 0.341 e. The molecule has 0 aliphatic heterocycles. The number of rotatable bonds is 5. The van der Waals surface area contributed by atoms with Gasteiger partial charge in [0.2, 0.25) is 5.76 Å². The van der Waals surface area contributed by atoms with Crippen LogP contribution < -0.4 is 0 Å². The fourth-order valence-electron chi connectivity index (χ4n) is 1.66. The minimum atomic E-state index is 0.448. The molecule has 0 unspecified atom stereocenters. The standard InChI is InChI=1S/C12H19N3O2/c1-5-16-11-8-10(15(3)4)12(17-6-2)7-9(11)14-13/h8H,5-7H2,1-4H3. The lowest BCUT2D eigenvalue weighted by Crippen LogP contribution is -2.22. The average Bonchev–Trinajstić information content (AvgIpc) is 2.30. The zero-order chi connectivity index (χ0) is 12.8. The minimum Gasteiger partial charge on any atom is -0.495 e. The number of likely N-dealkylation sites (N-methyl/N-ethyl adjacent to an activating group) is 1. The van der Waals surface area contributed by atoms with Crippen molar-refractivity contribution in [3.8, 4) is 0 Å². The first-order chi connectivity index (χ1) is 8.13. The molecule has 0 amide bonds. The Bertz CT molecular complexity index is 391. The van der Waals surface area contributed by atoms with E-state index in [1.165, 1.54) is 0 Å². The molecule has 0 atom stereocenters. The lowest BCUT2D eigenvalue weighted by molar-refractivity contribution is -0.0137. The van der Waals surface area contributed by atoms with Crippen LogP contribution in [0.25, 0.3) is 5.53 Å². The minimum absolute atomic E-state index is 0.448. The van der Waals surface area contributed by atoms with Crippen molar-refractivity contribution in [2.75, 3.05) is 27.3 Å². The number of allylic oxidation sites excluding steroid dienone is 3. The molecule has 1 aliphatic rings. The number of ether oxygens (including phenoxy) is 2. The van der Waals surface area contributed by atoms with Crippen molar-refractivity contribution in [3.63, 3.8) is 0 Å². The van der Waals surface area contributed by atoms with Gasteiger partial charge in [0.1, 0.15) is 12.2 Å². The van der Waals surface area contributed by atoms with Crippen LogP contribution >= 0.6 is 0 Å². The van der Waals surface area contributed by atoms with E-state index in [1.54, 1.807) is 0 Å². The summed E-state index contributed by atoms with van der Waals surface area (Å²) in [7, 11) is 3.88. The number of hydrogen-bond acceptors (Lipinski definition) is 3. The number of hydrogen-bond donors (Lipinski definition) is 0. The van der Waals surface area contributed by atoms with Crippen LogP contribution in [-0.2, 0) is 9.47 Å². The third-order valence-corrected chi connectivity index (χ3v) is 2.39. The first-order valence-corrected chi connectivity index (χ1v) is 5.73. The molecule has 0 N–H and O–H groups in total. The molecule has 0 spiro atoms. The molecule has 1 aliphatic carbocycles. The van der Waals surface area contributed by atoms with Gasteiger partial charge in [0.25, 0.3) is 0 Å². The molecule has 0 aromatic rings. The molecule has 0 saturated heterocycles. The molecule has 1 rings (SSSR count). The number of nitrogens with zero attached hydrogens (tertiary/aromatic N) is 3. The van der Waals surface area contributed by atoms with E-state index in [2.05, 4.69) is 4.79 Å². The first-order valence-electron chi connectivity index (χ1n) is 5.73. The Balaban J connectivity index is 3.13. The van der Waals surface area contributed by atoms with Crippen molar-refractivity contribution in [1.29, 1.82) is 0 Å². The van der Waals surface area contributed by atoms with Gasteiger partial charge in [-0.05, 0) is 13.8 Å². The maximum atomic E-state index is 8.97. The predicted molar refractivity (Wildman–Crippen MR) is 65.3 cm³/mol. The van der Waals surface area contributed by atoms with Crippen LogP contribution in [0.2, 0.25) is 0 Å². The molecule has 5 heteroatoms. The second kappa shape index (κ2) is 6.11. The molecule has 0 bridgehead atoms. The fourth-order valence-corrected chi connectivity index (χ4v) is 1.66. The summed E-state index contributed by atoms with van der Waals surface area (Å²) < 4.78 is 11.0. The van der Waals surface area contributed by atoms with Crippen molar-refractivity contribution in [3.05, 3.63) is 28.8 Å². The highest BCUT2D eigenvalue weighted by Gasteiger charge is 2.28. The molecule has 0 radical (unpaired) electrons. The summed E-state index contributed by atoms with van der Waals surface area (Å²) in [5, 5.41) is 0. The van der Waals surface area contributed by atoms with E-state index in [0.29, 0.717) is 31.1 Å². The normalized spacial score (nSPS) is 15.3. The summed E-state index contributed by atoms with van der Waals surface area (Å²) in [5.74, 6) is 1.40. The highest BCUT2D eigenvalue weighted by atomic mass is 16.5. The Hall–Kier alpha value is -1.74. The van der Waals surface area contributed by atoms with E-state index in [4.69, 9.17) is 15.0 Å². The van der Waals surface area contributed by atoms with Gasteiger partial charge >= 0.3 is 5.71 Å². The maximum absolute atomic E-state index is 8.97. The van der Waals surface area contributed by atoms with Crippen LogP contribution in [0, 0.1) is 0 Å². The molecule has 94 valence electrons. The Morgan fingerprint density at radius 3 is 2.41 bits per heavy atom. The smallest absolute Gasteiger partial charge is 0.341 e. The molecule has 5 nitrogen and oxygen atoms in total. The third kappa shape index (κ3) is 3.11. The lowest BCUT2D eigenvalue weighted by atomic mass is 10.1. The van der Waals surface area contributed by atoms with E-state index in [1.807, 2.05) is 38.9 Å². The van der Waals surface area contributed by atoms with Gasteiger partial charge in [0.05, 0.1) is 18.9 Å². The van der Waals surface area contributed by atoms with Gasteiger partial charge in [-0.3, -0.25) is 0 Å². The Kier molecular flexibility index (Phi) is 4.79. The van der Waals surface area contributed by atoms with Gasteiger partial charge in [-0.2, -0.15) is 4.79 Å². The van der Waals surface area contributed by atoms with Crippen LogP contribution in [0.1, 0.15) is 20.3 Å². The van der Waals surface area contributed by atoms with Crippen LogP contribution in [0.5, 0.6) is 0 Å². The first kappa shape index (κ1) is 13.3. The molecule has 0 saturated carbocycles. The van der Waals surface area contributed by atoms with Gasteiger partial charge < -0.3 is 19.9 Å². The average molecular weight is 237 g/mol. The molecule has 17 heavy (non-hydrogen) atoms. The van der Waals surface area contributed by atoms with Gasteiger partial charge in [-0.25, -0.2) is 0 Å². The quantitative estimate of drug-likeness (QED) is 0.541. The van der Waals surface area contributed by atoms with Gasteiger partial charge in [0, 0.05) is 20.2 Å². The van der Waals surface area contributed by atoms with Crippen LogP contribution in [-0.4, -0.2) is 42.7 Å². The van der Waals surface area contributed by atoms with E-state index >= 15 is 0 Å². The van der Waals surface area contributed by atoms with Crippen molar-refractivity contribution in [1.82, 2.24) is 4.90 Å². The van der Waals surface area contributed by atoms with Crippen molar-refractivity contribution in [2.24, 2.45) is 0 Å². The molecular formula is C12H19N3O2. The molecular weight excluding hydrogens is 218 g/mol. The summed E-state index contributed by atoms with van der Waals surface area (Å²) in [5.41, 5.74) is 10.4. The van der Waals surface area contributed by atoms with Crippen molar-refractivity contribution in [2.45, 2.75) is 20.3 Å². The molecule has 0 aromatic carbocycles. The van der Waals surface area contributed by atoms with Crippen LogP contribution in [0.3, 0.4) is 0 Å². The summed E-state index contributed by atoms with van der Waals surface area (Å²) in [4.78, 5) is 5.22.